The van der Waals surface area contributed by atoms with Crippen molar-refractivity contribution in [1.82, 2.24) is 19.8 Å². The molecule has 1 aliphatic rings. The first-order valence-electron chi connectivity index (χ1n) is 9.91. The highest BCUT2D eigenvalue weighted by molar-refractivity contribution is 5.75. The van der Waals surface area contributed by atoms with Crippen LogP contribution < -0.4 is 10.1 Å². The smallest absolute Gasteiger partial charge is 0.239 e. The largest absolute Gasteiger partial charge is 0.497 e. The molecule has 0 radical (unpaired) electrons. The molecule has 1 saturated heterocycles. The van der Waals surface area contributed by atoms with Crippen molar-refractivity contribution in [1.29, 1.82) is 0 Å². The maximum absolute atomic E-state index is 12.1. The Balaban J connectivity index is 1.33. The standard InChI is InChI=1S/C22H30N4O2/c1-18-23-11-15-26(18)17-22(27)24-16-20-9-13-25(14-10-20)12-3-4-19-5-7-21(28-2)8-6-19/h3-8,11,15,20H,9-10,12-14,16-17H2,1-2H3,(H,24,27)/b4-3+. The van der Waals surface area contributed by atoms with Gasteiger partial charge in [0.05, 0.1) is 7.11 Å². The van der Waals surface area contributed by atoms with Crippen LogP contribution in [0.3, 0.4) is 0 Å². The zero-order valence-corrected chi connectivity index (χ0v) is 16.8. The van der Waals surface area contributed by atoms with Gasteiger partial charge in [-0.2, -0.15) is 0 Å². The average molecular weight is 383 g/mol. The lowest BCUT2D eigenvalue weighted by atomic mass is 9.97. The highest BCUT2D eigenvalue weighted by Crippen LogP contribution is 2.17. The Morgan fingerprint density at radius 3 is 2.68 bits per heavy atom. The summed E-state index contributed by atoms with van der Waals surface area (Å²) in [6.45, 7) is 6.14. The minimum absolute atomic E-state index is 0.0611. The van der Waals surface area contributed by atoms with Crippen LogP contribution in [0.4, 0.5) is 0 Å². The van der Waals surface area contributed by atoms with E-state index >= 15 is 0 Å². The van der Waals surface area contributed by atoms with Gasteiger partial charge in [0.1, 0.15) is 18.1 Å². The summed E-state index contributed by atoms with van der Waals surface area (Å²) >= 11 is 0. The van der Waals surface area contributed by atoms with Gasteiger partial charge in [0.2, 0.25) is 5.91 Å². The molecule has 1 aliphatic heterocycles. The predicted octanol–water partition coefficient (Wildman–Crippen LogP) is 2.74. The van der Waals surface area contributed by atoms with E-state index in [9.17, 15) is 4.79 Å². The number of methoxy groups -OCH3 is 1. The van der Waals surface area contributed by atoms with Crippen molar-refractivity contribution in [3.05, 3.63) is 54.1 Å². The van der Waals surface area contributed by atoms with E-state index in [0.717, 1.165) is 50.6 Å². The monoisotopic (exact) mass is 382 g/mol. The van der Waals surface area contributed by atoms with E-state index in [1.54, 1.807) is 13.3 Å². The highest BCUT2D eigenvalue weighted by atomic mass is 16.5. The number of benzene rings is 1. The number of rotatable bonds is 8. The second-order valence-electron chi connectivity index (χ2n) is 7.33. The van der Waals surface area contributed by atoms with Crippen molar-refractivity contribution in [2.75, 3.05) is 33.3 Å². The van der Waals surface area contributed by atoms with E-state index in [0.29, 0.717) is 12.5 Å². The maximum Gasteiger partial charge on any atom is 0.239 e. The zero-order chi connectivity index (χ0) is 19.8. The molecule has 1 aromatic heterocycles. The number of aromatic nitrogens is 2. The number of hydrogen-bond donors (Lipinski definition) is 1. The Hall–Kier alpha value is -2.60. The van der Waals surface area contributed by atoms with Gasteiger partial charge in [-0.05, 0) is 56.5 Å². The predicted molar refractivity (Wildman–Crippen MR) is 111 cm³/mol. The molecule has 1 amide bonds. The lowest BCUT2D eigenvalue weighted by Crippen LogP contribution is -2.39. The van der Waals surface area contributed by atoms with Gasteiger partial charge >= 0.3 is 0 Å². The topological polar surface area (TPSA) is 59.4 Å². The first-order chi connectivity index (χ1) is 13.6. The maximum atomic E-state index is 12.1. The average Bonchev–Trinajstić information content (AvgIpc) is 3.12. The summed E-state index contributed by atoms with van der Waals surface area (Å²) in [5, 5.41) is 3.08. The number of piperidine rings is 1. The lowest BCUT2D eigenvalue weighted by Gasteiger charge is -2.31. The fourth-order valence-electron chi connectivity index (χ4n) is 3.47. The van der Waals surface area contributed by atoms with E-state index < -0.39 is 0 Å². The molecule has 2 heterocycles. The molecule has 150 valence electrons. The molecule has 0 spiro atoms. The third-order valence-corrected chi connectivity index (χ3v) is 5.32. The van der Waals surface area contributed by atoms with Crippen LogP contribution in [0.1, 0.15) is 24.2 Å². The minimum atomic E-state index is 0.0611. The molecule has 6 heteroatoms. The molecule has 1 N–H and O–H groups in total. The summed E-state index contributed by atoms with van der Waals surface area (Å²) in [6, 6.07) is 8.09. The van der Waals surface area contributed by atoms with Gasteiger partial charge in [0.25, 0.3) is 0 Å². The van der Waals surface area contributed by atoms with Crippen LogP contribution in [0.15, 0.2) is 42.7 Å². The SMILES string of the molecule is COc1ccc(/C=C/CN2CCC(CNC(=O)Cn3ccnc3C)CC2)cc1. The minimum Gasteiger partial charge on any atom is -0.497 e. The number of aryl methyl sites for hydroxylation is 1. The van der Waals surface area contributed by atoms with Crippen LogP contribution in [-0.4, -0.2) is 53.6 Å². The first-order valence-corrected chi connectivity index (χ1v) is 9.91. The fraction of sp³-hybridized carbons (Fsp3) is 0.455. The molecule has 0 unspecified atom stereocenters. The van der Waals surface area contributed by atoms with Crippen molar-refractivity contribution in [2.24, 2.45) is 5.92 Å². The number of amides is 1. The second kappa shape index (κ2) is 10.1. The third kappa shape index (κ3) is 5.96. The lowest BCUT2D eigenvalue weighted by molar-refractivity contribution is -0.121. The van der Waals surface area contributed by atoms with Crippen LogP contribution in [0.2, 0.25) is 0 Å². The molecule has 0 atom stereocenters. The summed E-state index contributed by atoms with van der Waals surface area (Å²) in [7, 11) is 1.68. The van der Waals surface area contributed by atoms with Crippen molar-refractivity contribution >= 4 is 12.0 Å². The number of imidazole rings is 1. The van der Waals surface area contributed by atoms with Gasteiger partial charge < -0.3 is 14.6 Å². The molecule has 1 aromatic carbocycles. The number of hydrogen-bond acceptors (Lipinski definition) is 4. The zero-order valence-electron chi connectivity index (χ0n) is 16.8. The van der Waals surface area contributed by atoms with Crippen LogP contribution in [0.25, 0.3) is 6.08 Å². The van der Waals surface area contributed by atoms with Crippen LogP contribution in [0.5, 0.6) is 5.75 Å². The summed E-state index contributed by atoms with van der Waals surface area (Å²) in [4.78, 5) is 18.7. The number of carbonyl (C=O) groups is 1. The van der Waals surface area contributed by atoms with Crippen LogP contribution in [0, 0.1) is 12.8 Å². The quantitative estimate of drug-likeness (QED) is 0.763. The molecule has 0 saturated carbocycles. The number of nitrogens with one attached hydrogen (secondary N) is 1. The Morgan fingerprint density at radius 2 is 2.04 bits per heavy atom. The van der Waals surface area contributed by atoms with Crippen molar-refractivity contribution < 1.29 is 9.53 Å². The molecule has 6 nitrogen and oxygen atoms in total. The number of likely N-dealkylation sites (tertiary alicyclic amines) is 1. The van der Waals surface area contributed by atoms with E-state index in [4.69, 9.17) is 4.74 Å². The molecule has 0 bridgehead atoms. The molecule has 0 aliphatic carbocycles. The summed E-state index contributed by atoms with van der Waals surface area (Å²) < 4.78 is 7.05. The van der Waals surface area contributed by atoms with Crippen molar-refractivity contribution in [3.8, 4) is 5.75 Å². The molecular weight excluding hydrogens is 352 g/mol. The van der Waals surface area contributed by atoms with Gasteiger partial charge in [-0.15, -0.1) is 0 Å². The Kier molecular flexibility index (Phi) is 7.25. The van der Waals surface area contributed by atoms with E-state index in [1.165, 1.54) is 5.56 Å². The Morgan fingerprint density at radius 1 is 1.29 bits per heavy atom. The van der Waals surface area contributed by atoms with Gasteiger partial charge in [0, 0.05) is 25.5 Å². The van der Waals surface area contributed by atoms with Crippen LogP contribution in [-0.2, 0) is 11.3 Å². The number of nitrogens with zero attached hydrogens (tertiary/aromatic N) is 3. The Labute approximate surface area is 167 Å². The van der Waals surface area contributed by atoms with E-state index in [2.05, 4.69) is 39.5 Å². The van der Waals surface area contributed by atoms with Crippen molar-refractivity contribution in [3.63, 3.8) is 0 Å². The fourth-order valence-corrected chi connectivity index (χ4v) is 3.47. The highest BCUT2D eigenvalue weighted by Gasteiger charge is 2.19. The van der Waals surface area contributed by atoms with Gasteiger partial charge in [-0.25, -0.2) is 4.98 Å². The Bertz CT molecular complexity index is 774. The summed E-state index contributed by atoms with van der Waals surface area (Å²) in [5.74, 6) is 2.37. The van der Waals surface area contributed by atoms with E-state index in [-0.39, 0.29) is 5.91 Å². The number of carbonyl (C=O) groups excluding carboxylic acids is 1. The van der Waals surface area contributed by atoms with E-state index in [1.807, 2.05) is 29.8 Å². The number of ether oxygens (including phenoxy) is 1. The third-order valence-electron chi connectivity index (χ3n) is 5.32. The van der Waals surface area contributed by atoms with Gasteiger partial charge in [-0.3, -0.25) is 9.69 Å². The molecule has 2 aromatic rings. The van der Waals surface area contributed by atoms with Gasteiger partial charge in [-0.1, -0.05) is 24.3 Å². The normalized spacial score (nSPS) is 15.8. The van der Waals surface area contributed by atoms with Crippen LogP contribution >= 0.6 is 0 Å². The molecule has 3 rings (SSSR count). The second-order valence-corrected chi connectivity index (χ2v) is 7.33. The summed E-state index contributed by atoms with van der Waals surface area (Å²) in [5.41, 5.74) is 1.19. The summed E-state index contributed by atoms with van der Waals surface area (Å²) in [6.07, 6.45) is 10.2. The molecule has 28 heavy (non-hydrogen) atoms. The molecular formula is C22H30N4O2. The molecule has 1 fully saturated rings. The van der Waals surface area contributed by atoms with Gasteiger partial charge in [0.15, 0.2) is 0 Å². The first kappa shape index (κ1) is 20.1. The van der Waals surface area contributed by atoms with Crippen molar-refractivity contribution in [2.45, 2.75) is 26.3 Å².